The van der Waals surface area contributed by atoms with Gasteiger partial charge in [-0.15, -0.1) is 0 Å². The Balaban J connectivity index is 1.56. The topological polar surface area (TPSA) is 49.4 Å². The molecule has 1 fully saturated rings. The summed E-state index contributed by atoms with van der Waals surface area (Å²) in [5.74, 6) is 0.115. The van der Waals surface area contributed by atoms with E-state index in [9.17, 15) is 9.59 Å². The van der Waals surface area contributed by atoms with Crippen molar-refractivity contribution < 1.29 is 9.59 Å². The lowest BCUT2D eigenvalue weighted by atomic mass is 10.1. The molecule has 4 nitrogen and oxygen atoms in total. The fraction of sp³-hybridized carbons (Fsp3) is 0.263. The van der Waals surface area contributed by atoms with E-state index in [4.69, 9.17) is 0 Å². The number of nitrogens with zero attached hydrogens (tertiary/aromatic N) is 1. The zero-order valence-electron chi connectivity index (χ0n) is 13.3. The maximum Gasteiger partial charge on any atom is 0.251 e. The molecule has 2 aromatic rings. The van der Waals surface area contributed by atoms with Crippen LogP contribution in [0.2, 0.25) is 0 Å². The van der Waals surface area contributed by atoms with Crippen molar-refractivity contribution in [1.82, 2.24) is 10.2 Å². The molecule has 24 heavy (non-hydrogen) atoms. The summed E-state index contributed by atoms with van der Waals surface area (Å²) in [4.78, 5) is 25.7. The fourth-order valence-electron chi connectivity index (χ4n) is 2.78. The molecule has 3 rings (SSSR count). The lowest BCUT2D eigenvalue weighted by molar-refractivity contribution is -0.128. The van der Waals surface area contributed by atoms with E-state index in [0.29, 0.717) is 25.1 Å². The van der Waals surface area contributed by atoms with Gasteiger partial charge in [0.1, 0.15) is 0 Å². The second-order valence-electron chi connectivity index (χ2n) is 5.93. The van der Waals surface area contributed by atoms with E-state index in [0.717, 1.165) is 28.6 Å². The van der Waals surface area contributed by atoms with Gasteiger partial charge in [0.25, 0.3) is 5.91 Å². The van der Waals surface area contributed by atoms with Crippen LogP contribution in [-0.4, -0.2) is 23.3 Å². The number of hydrogen-bond donors (Lipinski definition) is 1. The van der Waals surface area contributed by atoms with Gasteiger partial charge in [-0.1, -0.05) is 40.2 Å². The molecule has 1 saturated heterocycles. The van der Waals surface area contributed by atoms with Gasteiger partial charge in [0.15, 0.2) is 0 Å². The molecule has 0 unspecified atom stereocenters. The first kappa shape index (κ1) is 16.7. The highest BCUT2D eigenvalue weighted by Crippen LogP contribution is 2.15. The van der Waals surface area contributed by atoms with Gasteiger partial charge in [0.05, 0.1) is 0 Å². The lowest BCUT2D eigenvalue weighted by Gasteiger charge is -2.15. The highest BCUT2D eigenvalue weighted by molar-refractivity contribution is 9.10. The monoisotopic (exact) mass is 386 g/mol. The number of rotatable bonds is 5. The third kappa shape index (κ3) is 4.23. The summed E-state index contributed by atoms with van der Waals surface area (Å²) in [6.45, 7) is 1.94. The van der Waals surface area contributed by atoms with Gasteiger partial charge < -0.3 is 10.2 Å². The van der Waals surface area contributed by atoms with Crippen molar-refractivity contribution in [2.24, 2.45) is 0 Å². The van der Waals surface area contributed by atoms with Gasteiger partial charge in [0.2, 0.25) is 5.91 Å². The molecule has 2 aromatic carbocycles. The van der Waals surface area contributed by atoms with E-state index >= 15 is 0 Å². The second kappa shape index (κ2) is 7.62. The van der Waals surface area contributed by atoms with Crippen LogP contribution in [0.5, 0.6) is 0 Å². The van der Waals surface area contributed by atoms with Crippen LogP contribution < -0.4 is 5.32 Å². The Kier molecular flexibility index (Phi) is 5.30. The Morgan fingerprint density at radius 2 is 1.92 bits per heavy atom. The molecule has 5 heteroatoms. The standard InChI is InChI=1S/C19H19BrN2O2/c20-17-4-1-3-15(11-17)12-21-19(24)16-8-6-14(7-9-16)13-22-10-2-5-18(22)23/h1,3-4,6-9,11H,2,5,10,12-13H2,(H,21,24). The van der Waals surface area contributed by atoms with E-state index in [1.54, 1.807) is 0 Å². The van der Waals surface area contributed by atoms with E-state index in [2.05, 4.69) is 21.2 Å². The molecule has 0 bridgehead atoms. The summed E-state index contributed by atoms with van der Waals surface area (Å²) in [7, 11) is 0. The van der Waals surface area contributed by atoms with Crippen LogP contribution in [0.25, 0.3) is 0 Å². The van der Waals surface area contributed by atoms with Gasteiger partial charge >= 0.3 is 0 Å². The number of nitrogens with one attached hydrogen (secondary N) is 1. The molecule has 1 aliphatic heterocycles. The van der Waals surface area contributed by atoms with Crippen LogP contribution in [-0.2, 0) is 17.9 Å². The molecule has 2 amide bonds. The highest BCUT2D eigenvalue weighted by atomic mass is 79.9. The second-order valence-corrected chi connectivity index (χ2v) is 6.84. The van der Waals surface area contributed by atoms with Gasteiger partial charge in [-0.25, -0.2) is 0 Å². The average molecular weight is 387 g/mol. The molecule has 0 radical (unpaired) electrons. The average Bonchev–Trinajstić information content (AvgIpc) is 2.98. The van der Waals surface area contributed by atoms with Crippen molar-refractivity contribution >= 4 is 27.7 Å². The first-order chi connectivity index (χ1) is 11.6. The molecule has 0 spiro atoms. The SMILES string of the molecule is O=C(NCc1cccc(Br)c1)c1ccc(CN2CCCC2=O)cc1. The van der Waals surface area contributed by atoms with E-state index in [1.807, 2.05) is 53.4 Å². The summed E-state index contributed by atoms with van der Waals surface area (Å²) in [6, 6.07) is 15.3. The molecule has 1 aliphatic rings. The van der Waals surface area contributed by atoms with Crippen molar-refractivity contribution in [3.8, 4) is 0 Å². The number of carbonyl (C=O) groups excluding carboxylic acids is 2. The molecule has 0 saturated carbocycles. The Bertz CT molecular complexity index is 743. The predicted octanol–water partition coefficient (Wildman–Crippen LogP) is 3.50. The van der Waals surface area contributed by atoms with Crippen LogP contribution in [0.1, 0.15) is 34.3 Å². The molecular weight excluding hydrogens is 368 g/mol. The van der Waals surface area contributed by atoms with Crippen LogP contribution >= 0.6 is 15.9 Å². The van der Waals surface area contributed by atoms with E-state index in [1.165, 1.54) is 0 Å². The van der Waals surface area contributed by atoms with Gasteiger partial charge in [-0.3, -0.25) is 9.59 Å². The molecular formula is C19H19BrN2O2. The normalized spacial score (nSPS) is 14.0. The Labute approximate surface area is 150 Å². The van der Waals surface area contributed by atoms with Crippen LogP contribution in [0.15, 0.2) is 53.0 Å². The summed E-state index contributed by atoms with van der Waals surface area (Å²) in [6.07, 6.45) is 1.59. The minimum absolute atomic E-state index is 0.0984. The van der Waals surface area contributed by atoms with Gasteiger partial charge in [0, 0.05) is 36.1 Å². The molecule has 1 heterocycles. The van der Waals surface area contributed by atoms with E-state index < -0.39 is 0 Å². The Morgan fingerprint density at radius 3 is 2.58 bits per heavy atom. The molecule has 1 N–H and O–H groups in total. The Morgan fingerprint density at radius 1 is 1.12 bits per heavy atom. The van der Waals surface area contributed by atoms with E-state index in [-0.39, 0.29) is 11.8 Å². The fourth-order valence-corrected chi connectivity index (χ4v) is 3.23. The first-order valence-electron chi connectivity index (χ1n) is 8.01. The zero-order chi connectivity index (χ0) is 16.9. The minimum Gasteiger partial charge on any atom is -0.348 e. The molecule has 124 valence electrons. The number of benzene rings is 2. The number of carbonyl (C=O) groups is 2. The number of hydrogen-bond acceptors (Lipinski definition) is 2. The third-order valence-electron chi connectivity index (χ3n) is 4.10. The van der Waals surface area contributed by atoms with Gasteiger partial charge in [-0.05, 0) is 41.8 Å². The highest BCUT2D eigenvalue weighted by Gasteiger charge is 2.19. The summed E-state index contributed by atoms with van der Waals surface area (Å²) >= 11 is 3.42. The first-order valence-corrected chi connectivity index (χ1v) is 8.80. The predicted molar refractivity (Wildman–Crippen MR) is 96.4 cm³/mol. The molecule has 0 aliphatic carbocycles. The van der Waals surface area contributed by atoms with Crippen molar-refractivity contribution in [1.29, 1.82) is 0 Å². The maximum atomic E-state index is 12.2. The number of halogens is 1. The molecule has 0 atom stereocenters. The van der Waals surface area contributed by atoms with Crippen LogP contribution in [0, 0.1) is 0 Å². The van der Waals surface area contributed by atoms with Crippen molar-refractivity contribution in [3.05, 3.63) is 69.7 Å². The summed E-state index contributed by atoms with van der Waals surface area (Å²) in [5, 5.41) is 2.92. The maximum absolute atomic E-state index is 12.2. The van der Waals surface area contributed by atoms with Crippen molar-refractivity contribution in [2.75, 3.05) is 6.54 Å². The Hall–Kier alpha value is -2.14. The van der Waals surface area contributed by atoms with Crippen LogP contribution in [0.3, 0.4) is 0 Å². The quantitative estimate of drug-likeness (QED) is 0.854. The smallest absolute Gasteiger partial charge is 0.251 e. The largest absolute Gasteiger partial charge is 0.348 e. The number of amides is 2. The lowest BCUT2D eigenvalue weighted by Crippen LogP contribution is -2.24. The zero-order valence-corrected chi connectivity index (χ0v) is 14.9. The van der Waals surface area contributed by atoms with Crippen molar-refractivity contribution in [2.45, 2.75) is 25.9 Å². The van der Waals surface area contributed by atoms with Gasteiger partial charge in [-0.2, -0.15) is 0 Å². The minimum atomic E-state index is -0.0984. The van der Waals surface area contributed by atoms with Crippen molar-refractivity contribution in [3.63, 3.8) is 0 Å². The third-order valence-corrected chi connectivity index (χ3v) is 4.60. The van der Waals surface area contributed by atoms with Crippen LogP contribution in [0.4, 0.5) is 0 Å². The molecule has 0 aromatic heterocycles. The summed E-state index contributed by atoms with van der Waals surface area (Å²) in [5.41, 5.74) is 2.72. The number of likely N-dealkylation sites (tertiary alicyclic amines) is 1. The summed E-state index contributed by atoms with van der Waals surface area (Å²) < 4.78 is 0.995.